The van der Waals surface area contributed by atoms with E-state index in [1.165, 1.54) is 0 Å². The van der Waals surface area contributed by atoms with Crippen LogP contribution in [0.2, 0.25) is 0 Å². The smallest absolute Gasteiger partial charge is 0.269 e. The molecule has 0 aromatic heterocycles. The molecule has 0 aliphatic carbocycles. The molecule has 0 unspecified atom stereocenters. The lowest BCUT2D eigenvalue weighted by molar-refractivity contribution is 0.489. The van der Waals surface area contributed by atoms with E-state index in [2.05, 4.69) is 0 Å². The summed E-state index contributed by atoms with van der Waals surface area (Å²) in [6.07, 6.45) is 0.895. The summed E-state index contributed by atoms with van der Waals surface area (Å²) >= 11 is 0. The van der Waals surface area contributed by atoms with E-state index in [0.717, 1.165) is 12.0 Å². The van der Waals surface area contributed by atoms with Gasteiger partial charge in [-0.25, -0.2) is 0 Å². The van der Waals surface area contributed by atoms with Crippen LogP contribution in [0.1, 0.15) is 12.5 Å². The lowest BCUT2D eigenvalue weighted by atomic mass is 10.2. The van der Waals surface area contributed by atoms with Crippen molar-refractivity contribution in [3.63, 3.8) is 0 Å². The molecule has 4 nitrogen and oxygen atoms in total. The summed E-state index contributed by atoms with van der Waals surface area (Å²) in [4.78, 5) is 0. The average molecular weight is 201 g/mol. The van der Waals surface area contributed by atoms with Crippen LogP contribution in [-0.2, 0) is 16.7 Å². The first-order chi connectivity index (χ1) is 6.01. The van der Waals surface area contributed by atoms with E-state index in [4.69, 9.17) is 4.55 Å². The van der Waals surface area contributed by atoms with Gasteiger partial charge in [-0.3, -0.25) is 9.27 Å². The van der Waals surface area contributed by atoms with Gasteiger partial charge in [0.1, 0.15) is 0 Å². The zero-order valence-electron chi connectivity index (χ0n) is 7.19. The third-order valence-corrected chi connectivity index (χ3v) is 2.10. The van der Waals surface area contributed by atoms with Crippen molar-refractivity contribution in [1.29, 1.82) is 0 Å². The summed E-state index contributed by atoms with van der Waals surface area (Å²) < 4.78 is 31.2. The Kier molecular flexibility index (Phi) is 2.90. The van der Waals surface area contributed by atoms with Crippen molar-refractivity contribution < 1.29 is 13.0 Å². The van der Waals surface area contributed by atoms with Gasteiger partial charge in [-0.2, -0.15) is 8.42 Å². The number of hydrogen-bond acceptors (Lipinski definition) is 2. The minimum Gasteiger partial charge on any atom is -0.269 e. The van der Waals surface area contributed by atoms with Crippen LogP contribution in [-0.4, -0.2) is 13.0 Å². The van der Waals surface area contributed by atoms with E-state index in [-0.39, 0.29) is 0 Å². The third-order valence-electron chi connectivity index (χ3n) is 1.61. The molecule has 1 aromatic rings. The second kappa shape index (κ2) is 3.76. The number of hydrogen-bond donors (Lipinski definition) is 2. The van der Waals surface area contributed by atoms with Crippen molar-refractivity contribution in [3.8, 4) is 0 Å². The van der Waals surface area contributed by atoms with Crippen LogP contribution < -0.4 is 4.72 Å². The van der Waals surface area contributed by atoms with E-state index in [1.807, 2.05) is 11.6 Å². The Morgan fingerprint density at radius 1 is 1.31 bits per heavy atom. The van der Waals surface area contributed by atoms with Gasteiger partial charge in [0, 0.05) is 0 Å². The van der Waals surface area contributed by atoms with E-state index < -0.39 is 10.3 Å². The molecule has 0 amide bonds. The number of nitrogens with one attached hydrogen (secondary N) is 1. The summed E-state index contributed by atoms with van der Waals surface area (Å²) in [5.41, 5.74) is 1.47. The van der Waals surface area contributed by atoms with Crippen LogP contribution in [0, 0.1) is 0 Å². The van der Waals surface area contributed by atoms with E-state index in [1.54, 1.807) is 24.3 Å². The number of rotatable bonds is 3. The lowest BCUT2D eigenvalue weighted by Crippen LogP contribution is -2.10. The van der Waals surface area contributed by atoms with Gasteiger partial charge >= 0.3 is 10.3 Å². The van der Waals surface area contributed by atoms with Crippen molar-refractivity contribution >= 4 is 16.0 Å². The predicted octanol–water partition coefficient (Wildman–Crippen LogP) is 1.46. The molecule has 0 fully saturated rings. The maximum atomic E-state index is 10.4. The molecule has 0 bridgehead atoms. The highest BCUT2D eigenvalue weighted by Crippen LogP contribution is 2.10. The normalized spacial score (nSPS) is 11.2. The molecule has 0 aliphatic rings. The molecule has 2 N–H and O–H groups in total. The van der Waals surface area contributed by atoms with Gasteiger partial charge in [0.05, 0.1) is 5.69 Å². The van der Waals surface area contributed by atoms with Gasteiger partial charge in [0.2, 0.25) is 0 Å². The maximum Gasteiger partial charge on any atom is 0.357 e. The minimum absolute atomic E-state index is 0.361. The Balaban J connectivity index is 2.81. The molecule has 0 saturated heterocycles. The fourth-order valence-electron chi connectivity index (χ4n) is 0.957. The van der Waals surface area contributed by atoms with Crippen LogP contribution in [0.3, 0.4) is 0 Å². The monoisotopic (exact) mass is 201 g/mol. The molecule has 5 heteroatoms. The number of anilines is 1. The Labute approximate surface area is 77.5 Å². The van der Waals surface area contributed by atoms with E-state index in [9.17, 15) is 8.42 Å². The van der Waals surface area contributed by atoms with Crippen LogP contribution in [0.5, 0.6) is 0 Å². The van der Waals surface area contributed by atoms with Crippen molar-refractivity contribution in [2.24, 2.45) is 0 Å². The van der Waals surface area contributed by atoms with E-state index in [0.29, 0.717) is 5.69 Å². The standard InChI is InChI=1S/C8H11NO3S/c1-2-7-3-5-8(6-4-7)9-13(10,11)12/h3-6,9H,2H2,1H3,(H,10,11,12). The molecular formula is C8H11NO3S. The zero-order chi connectivity index (χ0) is 9.90. The first-order valence-corrected chi connectivity index (χ1v) is 5.29. The molecule has 1 aromatic carbocycles. The highest BCUT2D eigenvalue weighted by molar-refractivity contribution is 7.87. The van der Waals surface area contributed by atoms with Crippen LogP contribution >= 0.6 is 0 Å². The minimum atomic E-state index is -4.15. The molecule has 1 rings (SSSR count). The molecule has 0 radical (unpaired) electrons. The second-order valence-electron chi connectivity index (χ2n) is 2.63. The Morgan fingerprint density at radius 3 is 2.23 bits per heavy atom. The Morgan fingerprint density at radius 2 is 1.85 bits per heavy atom. The van der Waals surface area contributed by atoms with Gasteiger partial charge in [-0.1, -0.05) is 19.1 Å². The molecule has 0 spiro atoms. The van der Waals surface area contributed by atoms with Crippen LogP contribution in [0.4, 0.5) is 5.69 Å². The van der Waals surface area contributed by atoms with Crippen LogP contribution in [0.15, 0.2) is 24.3 Å². The second-order valence-corrected chi connectivity index (χ2v) is 3.78. The highest BCUT2D eigenvalue weighted by atomic mass is 32.2. The summed E-state index contributed by atoms with van der Waals surface area (Å²) in [5.74, 6) is 0. The molecule has 0 atom stereocenters. The summed E-state index contributed by atoms with van der Waals surface area (Å²) in [7, 11) is -4.15. The maximum absolute atomic E-state index is 10.4. The summed E-state index contributed by atoms with van der Waals surface area (Å²) in [5, 5.41) is 0. The SMILES string of the molecule is CCc1ccc(NS(=O)(=O)O)cc1. The van der Waals surface area contributed by atoms with Crippen molar-refractivity contribution in [3.05, 3.63) is 29.8 Å². The highest BCUT2D eigenvalue weighted by Gasteiger charge is 2.02. The lowest BCUT2D eigenvalue weighted by Gasteiger charge is -2.02. The van der Waals surface area contributed by atoms with Gasteiger partial charge in [0.15, 0.2) is 0 Å². The van der Waals surface area contributed by atoms with Gasteiger partial charge < -0.3 is 0 Å². The third kappa shape index (κ3) is 3.43. The van der Waals surface area contributed by atoms with Crippen molar-refractivity contribution in [1.82, 2.24) is 0 Å². The van der Waals surface area contributed by atoms with Gasteiger partial charge in [-0.15, -0.1) is 0 Å². The molecule has 0 aliphatic heterocycles. The van der Waals surface area contributed by atoms with Gasteiger partial charge in [0.25, 0.3) is 0 Å². The summed E-state index contributed by atoms with van der Waals surface area (Å²) in [6.45, 7) is 2.01. The molecule has 72 valence electrons. The van der Waals surface area contributed by atoms with Crippen molar-refractivity contribution in [2.75, 3.05) is 4.72 Å². The number of aryl methyl sites for hydroxylation is 1. The average Bonchev–Trinajstić information content (AvgIpc) is 2.03. The Hall–Kier alpha value is -1.07. The molecule has 0 heterocycles. The molecule has 13 heavy (non-hydrogen) atoms. The quantitative estimate of drug-likeness (QED) is 0.727. The fraction of sp³-hybridized carbons (Fsp3) is 0.250. The van der Waals surface area contributed by atoms with Crippen molar-refractivity contribution in [2.45, 2.75) is 13.3 Å². The van der Waals surface area contributed by atoms with Gasteiger partial charge in [-0.05, 0) is 24.1 Å². The topological polar surface area (TPSA) is 66.4 Å². The molecule has 0 saturated carbocycles. The first-order valence-electron chi connectivity index (χ1n) is 3.85. The predicted molar refractivity (Wildman–Crippen MR) is 51.0 cm³/mol. The van der Waals surface area contributed by atoms with E-state index >= 15 is 0 Å². The number of benzene rings is 1. The fourth-order valence-corrected chi connectivity index (χ4v) is 1.39. The first kappa shape index (κ1) is 10.0. The molecular weight excluding hydrogens is 190 g/mol. The largest absolute Gasteiger partial charge is 0.357 e. The zero-order valence-corrected chi connectivity index (χ0v) is 8.00. The summed E-state index contributed by atoms with van der Waals surface area (Å²) in [6, 6.07) is 6.81. The Bertz CT molecular complexity index is 369. The van der Waals surface area contributed by atoms with Crippen LogP contribution in [0.25, 0.3) is 0 Å².